The van der Waals surface area contributed by atoms with Crippen molar-refractivity contribution in [1.82, 2.24) is 4.98 Å². The van der Waals surface area contributed by atoms with E-state index in [-0.39, 0.29) is 22.4 Å². The molecule has 7 nitrogen and oxygen atoms in total. The van der Waals surface area contributed by atoms with Crippen LogP contribution in [-0.4, -0.2) is 26.9 Å². The summed E-state index contributed by atoms with van der Waals surface area (Å²) in [5.41, 5.74) is 0.729. The summed E-state index contributed by atoms with van der Waals surface area (Å²) in [5, 5.41) is 13.6. The molecule has 1 aromatic carbocycles. The zero-order valence-electron chi connectivity index (χ0n) is 11.3. The molecule has 9 heteroatoms. The second kappa shape index (κ2) is 6.75. The average Bonchev–Trinajstić information content (AvgIpc) is 2.87. The molecule has 2 aromatic rings. The number of rotatable bonds is 5. The smallest absolute Gasteiger partial charge is 0.269 e. The second-order valence-electron chi connectivity index (χ2n) is 4.25. The van der Waals surface area contributed by atoms with Crippen LogP contribution in [0.3, 0.4) is 0 Å². The number of carbonyl (C=O) groups is 2. The third kappa shape index (κ3) is 3.55. The fourth-order valence-electron chi connectivity index (χ4n) is 1.67. The predicted octanol–water partition coefficient (Wildman–Crippen LogP) is 3.19. The summed E-state index contributed by atoms with van der Waals surface area (Å²) < 4.78 is 0. The van der Waals surface area contributed by atoms with Crippen LogP contribution in [0.5, 0.6) is 0 Å². The number of nitro benzene ring substituents is 1. The van der Waals surface area contributed by atoms with E-state index in [9.17, 15) is 19.7 Å². The number of alkyl halides is 1. The first kappa shape index (κ1) is 16.2. The number of benzene rings is 1. The fourth-order valence-corrected chi connectivity index (χ4v) is 3.04. The largest absolute Gasteiger partial charge is 0.298 e. The number of carbonyl (C=O) groups excluding carboxylic acids is 2. The van der Waals surface area contributed by atoms with Gasteiger partial charge in [-0.2, -0.15) is 0 Å². The van der Waals surface area contributed by atoms with Crippen LogP contribution in [0.4, 0.5) is 10.8 Å². The van der Waals surface area contributed by atoms with Gasteiger partial charge in [-0.1, -0.05) is 27.3 Å². The molecule has 1 N–H and O–H groups in total. The quantitative estimate of drug-likeness (QED) is 0.369. The van der Waals surface area contributed by atoms with Gasteiger partial charge in [-0.05, 0) is 19.1 Å². The van der Waals surface area contributed by atoms with Crippen LogP contribution >= 0.6 is 27.3 Å². The molecule has 1 amide bonds. The highest BCUT2D eigenvalue weighted by Crippen LogP contribution is 2.24. The zero-order valence-corrected chi connectivity index (χ0v) is 13.7. The van der Waals surface area contributed by atoms with Gasteiger partial charge in [0.15, 0.2) is 10.9 Å². The number of aryl methyl sites for hydroxylation is 1. The third-order valence-corrected chi connectivity index (χ3v) is 4.36. The molecule has 0 spiro atoms. The minimum Gasteiger partial charge on any atom is -0.298 e. The maximum absolute atomic E-state index is 12.0. The number of thiazole rings is 1. The van der Waals surface area contributed by atoms with Gasteiger partial charge in [0.2, 0.25) is 0 Å². The molecule has 0 bridgehead atoms. The van der Waals surface area contributed by atoms with Gasteiger partial charge in [-0.15, -0.1) is 0 Å². The first-order valence-electron chi connectivity index (χ1n) is 6.04. The highest BCUT2D eigenvalue weighted by molar-refractivity contribution is 9.09. The van der Waals surface area contributed by atoms with E-state index in [1.807, 2.05) is 0 Å². The summed E-state index contributed by atoms with van der Waals surface area (Å²) in [6, 6.07) is 5.22. The molecular formula is C13H10BrN3O4S. The van der Waals surface area contributed by atoms with Crippen molar-refractivity contribution in [2.24, 2.45) is 0 Å². The lowest BCUT2D eigenvalue weighted by Crippen LogP contribution is -2.11. The Bertz CT molecular complexity index is 742. The van der Waals surface area contributed by atoms with Crippen molar-refractivity contribution in [1.29, 1.82) is 0 Å². The van der Waals surface area contributed by atoms with Gasteiger partial charge < -0.3 is 0 Å². The summed E-state index contributed by atoms with van der Waals surface area (Å²) in [7, 11) is 0. The normalized spacial score (nSPS) is 10.3. The average molecular weight is 384 g/mol. The van der Waals surface area contributed by atoms with Crippen LogP contribution < -0.4 is 5.32 Å². The minimum absolute atomic E-state index is 0.0909. The molecule has 0 radical (unpaired) electrons. The zero-order chi connectivity index (χ0) is 16.3. The molecule has 0 unspecified atom stereocenters. The number of amides is 1. The van der Waals surface area contributed by atoms with Crippen LogP contribution in [0.2, 0.25) is 0 Å². The van der Waals surface area contributed by atoms with Crippen LogP contribution in [-0.2, 0) is 0 Å². The fraction of sp³-hybridized carbons (Fsp3) is 0.154. The van der Waals surface area contributed by atoms with Gasteiger partial charge in [0.25, 0.3) is 11.6 Å². The number of ketones is 1. The molecule has 0 aliphatic heterocycles. The Morgan fingerprint density at radius 2 is 2.00 bits per heavy atom. The minimum atomic E-state index is -0.538. The molecule has 0 atom stereocenters. The Balaban J connectivity index is 2.15. The topological polar surface area (TPSA) is 102 Å². The van der Waals surface area contributed by atoms with E-state index in [0.29, 0.717) is 15.7 Å². The summed E-state index contributed by atoms with van der Waals surface area (Å²) in [5.74, 6) is -0.549. The lowest BCUT2D eigenvalue weighted by Gasteiger charge is -2.01. The number of nitrogens with zero attached hydrogens (tertiary/aromatic N) is 2. The number of aromatic nitrogens is 1. The monoisotopic (exact) mass is 383 g/mol. The molecule has 1 aromatic heterocycles. The van der Waals surface area contributed by atoms with Crippen LogP contribution in [0.15, 0.2) is 24.3 Å². The lowest BCUT2D eigenvalue weighted by molar-refractivity contribution is -0.384. The predicted molar refractivity (Wildman–Crippen MR) is 86.0 cm³/mol. The molecule has 0 aliphatic carbocycles. The van der Waals surface area contributed by atoms with Gasteiger partial charge in [0, 0.05) is 17.7 Å². The van der Waals surface area contributed by atoms with Crippen LogP contribution in [0.25, 0.3) is 0 Å². The molecule has 22 heavy (non-hydrogen) atoms. The Kier molecular flexibility index (Phi) is 4.99. The van der Waals surface area contributed by atoms with Crippen molar-refractivity contribution in [3.05, 3.63) is 50.5 Å². The van der Waals surface area contributed by atoms with Gasteiger partial charge in [0.05, 0.1) is 20.8 Å². The molecule has 114 valence electrons. The number of halogens is 1. The van der Waals surface area contributed by atoms with Crippen molar-refractivity contribution in [3.63, 3.8) is 0 Å². The SMILES string of the molecule is Cc1nc(NC(=O)c2ccc([N+](=O)[O-])cc2)sc1C(=O)CBr. The third-order valence-electron chi connectivity index (χ3n) is 2.73. The van der Waals surface area contributed by atoms with E-state index in [1.165, 1.54) is 24.3 Å². The van der Waals surface area contributed by atoms with E-state index in [2.05, 4.69) is 26.2 Å². The molecule has 1 heterocycles. The summed E-state index contributed by atoms with van der Waals surface area (Å²) in [6.07, 6.45) is 0. The van der Waals surface area contributed by atoms with E-state index in [0.717, 1.165) is 11.3 Å². The Morgan fingerprint density at radius 1 is 1.36 bits per heavy atom. The Hall–Kier alpha value is -2.13. The molecular weight excluding hydrogens is 374 g/mol. The molecule has 0 fully saturated rings. The van der Waals surface area contributed by atoms with Gasteiger partial charge in [-0.25, -0.2) is 4.98 Å². The maximum Gasteiger partial charge on any atom is 0.269 e. The highest BCUT2D eigenvalue weighted by atomic mass is 79.9. The van der Waals surface area contributed by atoms with Crippen LogP contribution in [0, 0.1) is 17.0 Å². The standard InChI is InChI=1S/C13H10BrN3O4S/c1-7-11(10(18)6-14)22-13(15-7)16-12(19)8-2-4-9(5-3-8)17(20)21/h2-5H,6H2,1H3,(H,15,16,19). The number of nitrogens with one attached hydrogen (secondary N) is 1. The van der Waals surface area contributed by atoms with Crippen molar-refractivity contribution < 1.29 is 14.5 Å². The Morgan fingerprint density at radius 3 is 2.55 bits per heavy atom. The number of non-ortho nitro benzene ring substituents is 1. The van der Waals surface area contributed by atoms with Crippen molar-refractivity contribution in [2.75, 3.05) is 10.6 Å². The van der Waals surface area contributed by atoms with Crippen molar-refractivity contribution in [3.8, 4) is 0 Å². The first-order valence-corrected chi connectivity index (χ1v) is 7.98. The highest BCUT2D eigenvalue weighted by Gasteiger charge is 2.16. The summed E-state index contributed by atoms with van der Waals surface area (Å²) in [6.45, 7) is 1.69. The van der Waals surface area contributed by atoms with Crippen LogP contribution in [0.1, 0.15) is 25.7 Å². The van der Waals surface area contributed by atoms with E-state index in [4.69, 9.17) is 0 Å². The van der Waals surface area contributed by atoms with Crippen molar-refractivity contribution >= 4 is 49.8 Å². The van der Waals surface area contributed by atoms with Gasteiger partial charge >= 0.3 is 0 Å². The number of nitro groups is 1. The van der Waals surface area contributed by atoms with E-state index in [1.54, 1.807) is 6.92 Å². The van der Waals surface area contributed by atoms with E-state index < -0.39 is 10.8 Å². The lowest BCUT2D eigenvalue weighted by atomic mass is 10.2. The summed E-state index contributed by atoms with van der Waals surface area (Å²) in [4.78, 5) is 38.3. The second-order valence-corrected chi connectivity index (χ2v) is 5.81. The molecule has 2 rings (SSSR count). The first-order chi connectivity index (χ1) is 10.4. The Labute approximate surface area is 137 Å². The summed E-state index contributed by atoms with van der Waals surface area (Å²) >= 11 is 4.18. The van der Waals surface area contributed by atoms with Crippen molar-refractivity contribution in [2.45, 2.75) is 6.92 Å². The number of hydrogen-bond acceptors (Lipinski definition) is 6. The maximum atomic E-state index is 12.0. The van der Waals surface area contributed by atoms with E-state index >= 15 is 0 Å². The van der Waals surface area contributed by atoms with Gasteiger partial charge in [0.1, 0.15) is 0 Å². The number of Topliss-reactive ketones (excluding diaryl/α,β-unsaturated/α-hetero) is 1. The molecule has 0 saturated heterocycles. The van der Waals surface area contributed by atoms with Gasteiger partial charge in [-0.3, -0.25) is 25.0 Å². The molecule has 0 saturated carbocycles. The number of anilines is 1. The molecule has 0 aliphatic rings. The number of hydrogen-bond donors (Lipinski definition) is 1.